The molecular formula is C11H21NO3S2. The maximum absolute atomic E-state index is 11.8. The zero-order chi connectivity index (χ0) is 12.5. The summed E-state index contributed by atoms with van der Waals surface area (Å²) in [5.74, 6) is 1.71. The van der Waals surface area contributed by atoms with Crippen molar-refractivity contribution in [1.82, 2.24) is 4.90 Å². The Bertz CT molecular complexity index is 350. The molecule has 6 heteroatoms. The van der Waals surface area contributed by atoms with Crippen LogP contribution in [-0.4, -0.2) is 60.3 Å². The van der Waals surface area contributed by atoms with E-state index in [4.69, 9.17) is 0 Å². The molecule has 0 aromatic rings. The second-order valence-corrected chi connectivity index (χ2v) is 8.41. The van der Waals surface area contributed by atoms with Crippen LogP contribution in [0, 0.1) is 0 Å². The number of rotatable bonds is 2. The van der Waals surface area contributed by atoms with Crippen molar-refractivity contribution in [3.8, 4) is 0 Å². The summed E-state index contributed by atoms with van der Waals surface area (Å²) in [6.45, 7) is 0.864. The first-order valence-electron chi connectivity index (χ1n) is 6.19. The van der Waals surface area contributed by atoms with Crippen molar-refractivity contribution in [2.24, 2.45) is 0 Å². The average Bonchev–Trinajstić information content (AvgIpc) is 2.29. The fourth-order valence-corrected chi connectivity index (χ4v) is 5.72. The molecule has 0 amide bonds. The molecule has 2 rings (SSSR count). The van der Waals surface area contributed by atoms with Crippen LogP contribution in [0.3, 0.4) is 0 Å². The van der Waals surface area contributed by atoms with Crippen LogP contribution < -0.4 is 0 Å². The molecule has 1 saturated heterocycles. The van der Waals surface area contributed by atoms with E-state index >= 15 is 0 Å². The second-order valence-electron chi connectivity index (χ2n) is 5.06. The molecule has 100 valence electrons. The number of sulfone groups is 1. The molecule has 0 aromatic heterocycles. The second kappa shape index (κ2) is 5.47. The molecule has 1 heterocycles. The number of hydrogen-bond donors (Lipinski definition) is 1. The van der Waals surface area contributed by atoms with E-state index in [-0.39, 0.29) is 11.5 Å². The highest BCUT2D eigenvalue weighted by molar-refractivity contribution is 8.00. The molecule has 1 saturated carbocycles. The van der Waals surface area contributed by atoms with Gasteiger partial charge >= 0.3 is 0 Å². The van der Waals surface area contributed by atoms with Gasteiger partial charge in [-0.05, 0) is 25.7 Å². The Morgan fingerprint density at radius 2 is 1.88 bits per heavy atom. The molecule has 1 atom stereocenters. The maximum atomic E-state index is 11.8. The summed E-state index contributed by atoms with van der Waals surface area (Å²) in [6.07, 6.45) is 4.64. The molecule has 17 heavy (non-hydrogen) atoms. The van der Waals surface area contributed by atoms with Gasteiger partial charge in [0.25, 0.3) is 0 Å². The van der Waals surface area contributed by atoms with Crippen molar-refractivity contribution in [3.05, 3.63) is 0 Å². The molecule has 4 nitrogen and oxygen atoms in total. The minimum absolute atomic E-state index is 0.179. The van der Waals surface area contributed by atoms with Crippen LogP contribution in [-0.2, 0) is 9.84 Å². The van der Waals surface area contributed by atoms with Crippen LogP contribution in [0.1, 0.15) is 25.7 Å². The molecule has 1 aliphatic carbocycles. The first kappa shape index (κ1) is 13.6. The SMILES string of the molecule is CS(=O)(=O)C1CSCCN1C1CCC(O)CC1. The molecule has 0 radical (unpaired) electrons. The molecule has 2 fully saturated rings. The van der Waals surface area contributed by atoms with Gasteiger partial charge in [0.2, 0.25) is 0 Å². The molecule has 1 N–H and O–H groups in total. The van der Waals surface area contributed by atoms with E-state index in [1.807, 2.05) is 0 Å². The van der Waals surface area contributed by atoms with Crippen LogP contribution in [0.5, 0.6) is 0 Å². The monoisotopic (exact) mass is 279 g/mol. The summed E-state index contributed by atoms with van der Waals surface area (Å²) >= 11 is 1.73. The summed E-state index contributed by atoms with van der Waals surface area (Å²) in [7, 11) is -3.00. The largest absolute Gasteiger partial charge is 0.393 e. The first-order chi connectivity index (χ1) is 7.98. The van der Waals surface area contributed by atoms with Gasteiger partial charge in [0.1, 0.15) is 5.37 Å². The standard InChI is InChI=1S/C11H21NO3S2/c1-17(14,15)11-8-16-7-6-12(11)9-2-4-10(13)5-3-9/h9-11,13H,2-8H2,1H3. The highest BCUT2D eigenvalue weighted by Crippen LogP contribution is 2.29. The third-order valence-corrected chi connectivity index (χ3v) is 6.41. The Kier molecular flexibility index (Phi) is 4.39. The van der Waals surface area contributed by atoms with Crippen LogP contribution >= 0.6 is 11.8 Å². The van der Waals surface area contributed by atoms with Gasteiger partial charge in [0, 0.05) is 30.3 Å². The fourth-order valence-electron chi connectivity index (χ4n) is 2.77. The van der Waals surface area contributed by atoms with Crippen molar-refractivity contribution in [2.75, 3.05) is 24.3 Å². The normalized spacial score (nSPS) is 36.9. The van der Waals surface area contributed by atoms with Gasteiger partial charge in [-0.1, -0.05) is 0 Å². The Balaban J connectivity index is 2.06. The Hall–Kier alpha value is 0.220. The number of hydrogen-bond acceptors (Lipinski definition) is 5. The van der Waals surface area contributed by atoms with Gasteiger partial charge in [-0.25, -0.2) is 8.42 Å². The summed E-state index contributed by atoms with van der Waals surface area (Å²) in [5, 5.41) is 9.19. The maximum Gasteiger partial charge on any atom is 0.164 e. The van der Waals surface area contributed by atoms with Crippen molar-refractivity contribution < 1.29 is 13.5 Å². The molecule has 0 spiro atoms. The number of nitrogens with zero attached hydrogens (tertiary/aromatic N) is 1. The summed E-state index contributed by atoms with van der Waals surface area (Å²) in [6, 6.07) is 0.346. The lowest BCUT2D eigenvalue weighted by Gasteiger charge is -2.42. The highest BCUT2D eigenvalue weighted by atomic mass is 32.2. The first-order valence-corrected chi connectivity index (χ1v) is 9.30. The molecule has 1 aliphatic heterocycles. The van der Waals surface area contributed by atoms with Gasteiger partial charge < -0.3 is 5.11 Å². The van der Waals surface area contributed by atoms with Crippen molar-refractivity contribution in [2.45, 2.75) is 43.2 Å². The molecular weight excluding hydrogens is 258 g/mol. The summed E-state index contributed by atoms with van der Waals surface area (Å²) < 4.78 is 23.6. The van der Waals surface area contributed by atoms with E-state index in [0.717, 1.165) is 38.0 Å². The smallest absolute Gasteiger partial charge is 0.164 e. The van der Waals surface area contributed by atoms with Gasteiger partial charge in [0.15, 0.2) is 9.84 Å². The van der Waals surface area contributed by atoms with E-state index < -0.39 is 9.84 Å². The molecule has 2 aliphatic rings. The Morgan fingerprint density at radius 3 is 2.47 bits per heavy atom. The van der Waals surface area contributed by atoms with Gasteiger partial charge in [-0.2, -0.15) is 11.8 Å². The Morgan fingerprint density at radius 1 is 1.24 bits per heavy atom. The highest BCUT2D eigenvalue weighted by Gasteiger charge is 2.36. The lowest BCUT2D eigenvalue weighted by molar-refractivity contribution is 0.0720. The third kappa shape index (κ3) is 3.36. The lowest BCUT2D eigenvalue weighted by atomic mass is 9.92. The fraction of sp³-hybridized carbons (Fsp3) is 1.00. The van der Waals surface area contributed by atoms with Crippen LogP contribution in [0.4, 0.5) is 0 Å². The van der Waals surface area contributed by atoms with E-state index in [2.05, 4.69) is 4.90 Å². The third-order valence-electron chi connectivity index (χ3n) is 3.75. The minimum atomic E-state index is -3.00. The van der Waals surface area contributed by atoms with Gasteiger partial charge in [-0.15, -0.1) is 0 Å². The molecule has 1 unspecified atom stereocenters. The molecule has 0 aromatic carbocycles. The quantitative estimate of drug-likeness (QED) is 0.807. The van der Waals surface area contributed by atoms with E-state index in [1.165, 1.54) is 6.26 Å². The van der Waals surface area contributed by atoms with E-state index in [1.54, 1.807) is 11.8 Å². The van der Waals surface area contributed by atoms with Crippen molar-refractivity contribution in [1.29, 1.82) is 0 Å². The van der Waals surface area contributed by atoms with E-state index in [0.29, 0.717) is 11.8 Å². The number of thioether (sulfide) groups is 1. The summed E-state index contributed by atoms with van der Waals surface area (Å²) in [5.41, 5.74) is 0. The van der Waals surface area contributed by atoms with Gasteiger partial charge in [0.05, 0.1) is 6.10 Å². The lowest BCUT2D eigenvalue weighted by Crippen LogP contribution is -2.52. The zero-order valence-electron chi connectivity index (χ0n) is 10.2. The predicted octanol–water partition coefficient (Wildman–Crippen LogP) is 0.709. The van der Waals surface area contributed by atoms with Crippen LogP contribution in [0.2, 0.25) is 0 Å². The van der Waals surface area contributed by atoms with Crippen LogP contribution in [0.25, 0.3) is 0 Å². The number of aliphatic hydroxyl groups is 1. The topological polar surface area (TPSA) is 57.6 Å². The minimum Gasteiger partial charge on any atom is -0.393 e. The van der Waals surface area contributed by atoms with Crippen molar-refractivity contribution in [3.63, 3.8) is 0 Å². The van der Waals surface area contributed by atoms with E-state index in [9.17, 15) is 13.5 Å². The molecule has 0 bridgehead atoms. The van der Waals surface area contributed by atoms with Crippen molar-refractivity contribution >= 4 is 21.6 Å². The Labute approximate surface area is 108 Å². The van der Waals surface area contributed by atoms with Gasteiger partial charge in [-0.3, -0.25) is 4.90 Å². The predicted molar refractivity (Wildman–Crippen MR) is 70.9 cm³/mol. The zero-order valence-corrected chi connectivity index (χ0v) is 11.8. The summed E-state index contributed by atoms with van der Waals surface area (Å²) in [4.78, 5) is 2.16. The average molecular weight is 279 g/mol. The number of aliphatic hydroxyl groups excluding tert-OH is 1. The van der Waals surface area contributed by atoms with Crippen LogP contribution in [0.15, 0.2) is 0 Å².